The molecule has 3 aromatic heterocycles. The van der Waals surface area contributed by atoms with E-state index in [1.54, 1.807) is 0 Å². The first-order valence-electron chi connectivity index (χ1n) is 7.55. The summed E-state index contributed by atoms with van der Waals surface area (Å²) in [6.07, 6.45) is 0. The Bertz CT molecular complexity index is 1140. The van der Waals surface area contributed by atoms with E-state index in [4.69, 9.17) is 10.5 Å². The fourth-order valence-corrected chi connectivity index (χ4v) is 3.79. The number of thiophene rings is 1. The van der Waals surface area contributed by atoms with E-state index in [1.807, 2.05) is 16.8 Å². The Hall–Kier alpha value is -3.05. The Labute approximate surface area is 160 Å². The Morgan fingerprint density at radius 3 is 2.63 bits per heavy atom. The van der Waals surface area contributed by atoms with Crippen molar-refractivity contribution in [3.05, 3.63) is 54.3 Å². The highest BCUT2D eigenvalue weighted by Gasteiger charge is 2.22. The van der Waals surface area contributed by atoms with Crippen molar-refractivity contribution in [2.45, 2.75) is 0 Å². The number of Topliss-reactive ketones (excluding diaryl/α,β-unsaturated/α-hetero) is 1. The van der Waals surface area contributed by atoms with Gasteiger partial charge in [-0.15, -0.1) is 11.3 Å². The van der Waals surface area contributed by atoms with E-state index in [2.05, 4.69) is 4.98 Å². The van der Waals surface area contributed by atoms with Crippen LogP contribution in [0.4, 0.5) is 5.82 Å². The van der Waals surface area contributed by atoms with Gasteiger partial charge < -0.3 is 10.5 Å². The molecule has 0 spiro atoms. The van der Waals surface area contributed by atoms with E-state index >= 15 is 0 Å². The summed E-state index contributed by atoms with van der Waals surface area (Å²) < 4.78 is 6.70. The highest BCUT2D eigenvalue weighted by atomic mass is 32.1. The Morgan fingerprint density at radius 1 is 1.22 bits per heavy atom. The van der Waals surface area contributed by atoms with Crippen LogP contribution in [0.15, 0.2) is 31.8 Å². The minimum Gasteiger partial charge on any atom is -0.453 e. The monoisotopic (exact) mass is 406 g/mol. The molecule has 0 atom stereocenters. The number of nitrogens with zero attached hydrogens (tertiary/aromatic N) is 3. The molecule has 0 saturated carbocycles. The van der Waals surface area contributed by atoms with Crippen molar-refractivity contribution in [2.24, 2.45) is 14.1 Å². The molecule has 0 saturated heterocycles. The molecule has 3 heterocycles. The van der Waals surface area contributed by atoms with Crippen molar-refractivity contribution in [3.63, 3.8) is 0 Å². The van der Waals surface area contributed by atoms with Crippen LogP contribution in [0.3, 0.4) is 0 Å². The van der Waals surface area contributed by atoms with Crippen LogP contribution in [0.1, 0.15) is 20.8 Å². The maximum absolute atomic E-state index is 12.3. The third-order valence-corrected chi connectivity index (χ3v) is 5.38. The fraction of sp³-hybridized carbons (Fsp3) is 0.188. The van der Waals surface area contributed by atoms with Crippen LogP contribution in [0.2, 0.25) is 0 Å². The number of anilines is 1. The van der Waals surface area contributed by atoms with Gasteiger partial charge in [0.05, 0.1) is 0 Å². The molecule has 0 bridgehead atoms. The third-order valence-electron chi connectivity index (χ3n) is 3.80. The molecule has 0 aliphatic heterocycles. The van der Waals surface area contributed by atoms with Gasteiger partial charge in [-0.25, -0.2) is 14.6 Å². The molecule has 3 aromatic rings. The van der Waals surface area contributed by atoms with Crippen LogP contribution in [0, 0.1) is 0 Å². The molecule has 140 valence electrons. The largest absolute Gasteiger partial charge is 0.453 e. The van der Waals surface area contributed by atoms with Crippen LogP contribution in [0.25, 0.3) is 10.6 Å². The van der Waals surface area contributed by atoms with Crippen molar-refractivity contribution >= 4 is 40.2 Å². The van der Waals surface area contributed by atoms with Crippen molar-refractivity contribution in [3.8, 4) is 10.6 Å². The lowest BCUT2D eigenvalue weighted by Crippen LogP contribution is -2.42. The molecular weight excluding hydrogens is 392 g/mol. The lowest BCUT2D eigenvalue weighted by Gasteiger charge is -2.10. The molecular formula is C16H14N4O5S2. The summed E-state index contributed by atoms with van der Waals surface area (Å²) in [4.78, 5) is 52.6. The van der Waals surface area contributed by atoms with Gasteiger partial charge in [-0.1, -0.05) is 0 Å². The number of ketones is 1. The highest BCUT2D eigenvalue weighted by Crippen LogP contribution is 2.25. The Morgan fingerprint density at radius 2 is 1.96 bits per heavy atom. The van der Waals surface area contributed by atoms with Crippen LogP contribution in [-0.2, 0) is 18.8 Å². The number of hydrogen-bond acceptors (Lipinski definition) is 9. The van der Waals surface area contributed by atoms with Gasteiger partial charge in [-0.3, -0.25) is 18.7 Å². The van der Waals surface area contributed by atoms with E-state index in [-0.39, 0.29) is 11.5 Å². The summed E-state index contributed by atoms with van der Waals surface area (Å²) in [6, 6.07) is 1.88. The number of carbonyl (C=O) groups is 2. The van der Waals surface area contributed by atoms with Gasteiger partial charge in [0.1, 0.15) is 16.4 Å². The number of thiazole rings is 1. The lowest BCUT2D eigenvalue weighted by molar-refractivity contribution is 0.0469. The van der Waals surface area contributed by atoms with Crippen molar-refractivity contribution in [1.82, 2.24) is 14.1 Å². The summed E-state index contributed by atoms with van der Waals surface area (Å²) >= 11 is 2.78. The van der Waals surface area contributed by atoms with Crippen LogP contribution < -0.4 is 17.0 Å². The van der Waals surface area contributed by atoms with E-state index in [0.717, 1.165) is 14.7 Å². The van der Waals surface area contributed by atoms with E-state index < -0.39 is 35.2 Å². The fourth-order valence-electron chi connectivity index (χ4n) is 2.29. The van der Waals surface area contributed by atoms with Gasteiger partial charge in [0.25, 0.3) is 5.56 Å². The minimum absolute atomic E-state index is 0.0651. The molecule has 0 aliphatic carbocycles. The van der Waals surface area contributed by atoms with Gasteiger partial charge in [0.2, 0.25) is 5.78 Å². The number of rotatable bonds is 5. The van der Waals surface area contributed by atoms with Gasteiger partial charge in [-0.05, 0) is 11.4 Å². The van der Waals surface area contributed by atoms with Crippen molar-refractivity contribution < 1.29 is 14.3 Å². The molecule has 0 fully saturated rings. The molecule has 27 heavy (non-hydrogen) atoms. The molecule has 11 heteroatoms. The van der Waals surface area contributed by atoms with Crippen LogP contribution >= 0.6 is 22.7 Å². The standard InChI is InChI=1S/C16H14N4O5S2/c1-19-12(17)11(14(22)20(2)16(19)24)10(21)5-25-15(23)9-7-27-13(18-9)8-3-4-26-6-8/h3-4,6-7H,5,17H2,1-2H3. The molecule has 0 amide bonds. The number of esters is 1. The second-order valence-electron chi connectivity index (χ2n) is 5.52. The zero-order valence-electron chi connectivity index (χ0n) is 14.3. The van der Waals surface area contributed by atoms with Crippen LogP contribution in [-0.4, -0.2) is 32.5 Å². The molecule has 0 radical (unpaired) electrons. The number of carbonyl (C=O) groups excluding carboxylic acids is 2. The quantitative estimate of drug-likeness (QED) is 0.492. The zero-order valence-corrected chi connectivity index (χ0v) is 15.9. The smallest absolute Gasteiger partial charge is 0.358 e. The maximum atomic E-state index is 12.3. The van der Waals surface area contributed by atoms with E-state index in [9.17, 15) is 19.2 Å². The van der Waals surface area contributed by atoms with Gasteiger partial charge in [-0.2, -0.15) is 11.3 Å². The van der Waals surface area contributed by atoms with Crippen LogP contribution in [0.5, 0.6) is 0 Å². The normalized spacial score (nSPS) is 10.7. The predicted octanol–water partition coefficient (Wildman–Crippen LogP) is 0.891. The van der Waals surface area contributed by atoms with Crippen molar-refractivity contribution in [2.75, 3.05) is 12.3 Å². The second-order valence-corrected chi connectivity index (χ2v) is 7.15. The first-order valence-corrected chi connectivity index (χ1v) is 9.37. The Kier molecular flexibility index (Phi) is 5.06. The summed E-state index contributed by atoms with van der Waals surface area (Å²) in [5, 5.41) is 5.98. The molecule has 0 aromatic carbocycles. The first kappa shape index (κ1) is 18.7. The average molecular weight is 406 g/mol. The number of hydrogen-bond donors (Lipinski definition) is 1. The topological polar surface area (TPSA) is 126 Å². The first-order chi connectivity index (χ1) is 12.8. The maximum Gasteiger partial charge on any atom is 0.358 e. The summed E-state index contributed by atoms with van der Waals surface area (Å²) in [5.41, 5.74) is 4.76. The average Bonchev–Trinajstić information content (AvgIpc) is 3.34. The predicted molar refractivity (Wildman–Crippen MR) is 101 cm³/mol. The number of ether oxygens (including phenoxy) is 1. The summed E-state index contributed by atoms with van der Waals surface area (Å²) in [5.74, 6) is -1.87. The second kappa shape index (κ2) is 7.29. The lowest BCUT2D eigenvalue weighted by atomic mass is 10.2. The molecule has 3 rings (SSSR count). The molecule has 0 unspecified atom stereocenters. The SMILES string of the molecule is Cn1c(N)c(C(=O)COC(=O)c2csc(-c3ccsc3)n2)c(=O)n(C)c1=O. The van der Waals surface area contributed by atoms with Crippen molar-refractivity contribution in [1.29, 1.82) is 0 Å². The summed E-state index contributed by atoms with van der Waals surface area (Å²) in [7, 11) is 2.56. The number of nitrogen functional groups attached to an aromatic ring is 1. The number of aromatic nitrogens is 3. The highest BCUT2D eigenvalue weighted by molar-refractivity contribution is 7.14. The van der Waals surface area contributed by atoms with Gasteiger partial charge in [0, 0.05) is 30.4 Å². The van der Waals surface area contributed by atoms with E-state index in [0.29, 0.717) is 5.01 Å². The number of nitrogens with two attached hydrogens (primary N) is 1. The zero-order chi connectivity index (χ0) is 19.7. The molecule has 0 aliphatic rings. The van der Waals surface area contributed by atoms with Gasteiger partial charge in [0.15, 0.2) is 12.3 Å². The Balaban J connectivity index is 1.76. The molecule has 9 nitrogen and oxygen atoms in total. The van der Waals surface area contributed by atoms with Gasteiger partial charge >= 0.3 is 11.7 Å². The van der Waals surface area contributed by atoms with E-state index in [1.165, 1.54) is 42.1 Å². The minimum atomic E-state index is -0.843. The summed E-state index contributed by atoms with van der Waals surface area (Å²) in [6.45, 7) is -0.693. The third kappa shape index (κ3) is 3.46. The molecule has 2 N–H and O–H groups in total.